The zero-order valence-corrected chi connectivity index (χ0v) is 10.8. The highest BCUT2D eigenvalue weighted by Gasteiger charge is 2.43. The second-order valence-electron chi connectivity index (χ2n) is 4.67. The number of hydrogen-bond donors (Lipinski definition) is 4. The van der Waals surface area contributed by atoms with Gasteiger partial charge in [0.25, 0.3) is 0 Å². The predicted octanol–water partition coefficient (Wildman–Crippen LogP) is -0.747. The van der Waals surface area contributed by atoms with Gasteiger partial charge in [-0.15, -0.1) is 0 Å². The molecule has 7 heteroatoms. The zero-order chi connectivity index (χ0) is 14.9. The standard InChI is InChI=1S/C13H17NO6/c1-6-9(15)10(16)11(17)13(19-6)20-12(18)7-4-2-3-5-8(7)14/h2-6,9-11,13,15-17H,14H2,1H3/t6-,9+,10+,11+,13-/m0/s1. The summed E-state index contributed by atoms with van der Waals surface area (Å²) in [5, 5.41) is 28.9. The van der Waals surface area contributed by atoms with Crippen molar-refractivity contribution in [3.63, 3.8) is 0 Å². The van der Waals surface area contributed by atoms with Gasteiger partial charge in [-0.2, -0.15) is 0 Å². The summed E-state index contributed by atoms with van der Waals surface area (Å²) in [5.41, 5.74) is 6.01. The predicted molar refractivity (Wildman–Crippen MR) is 68.6 cm³/mol. The summed E-state index contributed by atoms with van der Waals surface area (Å²) in [4.78, 5) is 11.9. The molecule has 0 amide bonds. The van der Waals surface area contributed by atoms with Crippen LogP contribution in [0.1, 0.15) is 17.3 Å². The van der Waals surface area contributed by atoms with Crippen LogP contribution in [-0.4, -0.2) is 52.0 Å². The monoisotopic (exact) mass is 283 g/mol. The SMILES string of the molecule is C[C@@H]1O[C@@H](OC(=O)c2ccccc2N)[C@H](O)[C@H](O)[C@@H]1O. The van der Waals surface area contributed by atoms with E-state index in [9.17, 15) is 20.1 Å². The number of rotatable bonds is 2. The molecule has 0 unspecified atom stereocenters. The van der Waals surface area contributed by atoms with Crippen molar-refractivity contribution in [2.24, 2.45) is 0 Å². The van der Waals surface area contributed by atoms with Crippen molar-refractivity contribution in [1.82, 2.24) is 0 Å². The van der Waals surface area contributed by atoms with Crippen LogP contribution in [0.5, 0.6) is 0 Å². The molecule has 1 fully saturated rings. The molecule has 1 aromatic rings. The summed E-state index contributed by atoms with van der Waals surface area (Å²) < 4.78 is 10.2. The molecule has 5 N–H and O–H groups in total. The fraction of sp³-hybridized carbons (Fsp3) is 0.462. The Bertz CT molecular complexity index is 494. The van der Waals surface area contributed by atoms with Crippen LogP contribution in [0.3, 0.4) is 0 Å². The van der Waals surface area contributed by atoms with Gasteiger partial charge < -0.3 is 30.5 Å². The number of nitrogens with two attached hydrogens (primary N) is 1. The van der Waals surface area contributed by atoms with E-state index in [0.717, 1.165) is 0 Å². The third-order valence-electron chi connectivity index (χ3n) is 3.21. The van der Waals surface area contributed by atoms with Crippen LogP contribution in [0.25, 0.3) is 0 Å². The van der Waals surface area contributed by atoms with E-state index in [1.165, 1.54) is 19.1 Å². The quantitative estimate of drug-likeness (QED) is 0.416. The summed E-state index contributed by atoms with van der Waals surface area (Å²) in [6, 6.07) is 6.30. The number of benzene rings is 1. The molecule has 1 heterocycles. The molecule has 110 valence electrons. The maximum Gasteiger partial charge on any atom is 0.342 e. The van der Waals surface area contributed by atoms with E-state index in [0.29, 0.717) is 0 Å². The Balaban J connectivity index is 2.10. The Labute approximate surface area is 115 Å². The van der Waals surface area contributed by atoms with Crippen LogP contribution in [0.15, 0.2) is 24.3 Å². The Hall–Kier alpha value is -1.67. The smallest absolute Gasteiger partial charge is 0.342 e. The van der Waals surface area contributed by atoms with Gasteiger partial charge in [0.2, 0.25) is 6.29 Å². The van der Waals surface area contributed by atoms with Crippen molar-refractivity contribution in [3.05, 3.63) is 29.8 Å². The number of nitrogen functional groups attached to an aromatic ring is 1. The highest BCUT2D eigenvalue weighted by Crippen LogP contribution is 2.23. The average Bonchev–Trinajstić information content (AvgIpc) is 2.42. The number of anilines is 1. The van der Waals surface area contributed by atoms with E-state index in [4.69, 9.17) is 15.2 Å². The largest absolute Gasteiger partial charge is 0.429 e. The van der Waals surface area contributed by atoms with Crippen molar-refractivity contribution in [1.29, 1.82) is 0 Å². The minimum absolute atomic E-state index is 0.136. The molecule has 0 bridgehead atoms. The van der Waals surface area contributed by atoms with Gasteiger partial charge in [0, 0.05) is 5.69 Å². The minimum Gasteiger partial charge on any atom is -0.429 e. The zero-order valence-electron chi connectivity index (χ0n) is 10.8. The number of esters is 1. The lowest BCUT2D eigenvalue weighted by atomic mass is 10.00. The molecule has 20 heavy (non-hydrogen) atoms. The Morgan fingerprint density at radius 1 is 1.20 bits per heavy atom. The number of aliphatic hydroxyl groups is 3. The molecule has 7 nitrogen and oxygen atoms in total. The molecule has 0 radical (unpaired) electrons. The molecule has 0 aromatic heterocycles. The minimum atomic E-state index is -1.53. The lowest BCUT2D eigenvalue weighted by molar-refractivity contribution is -0.276. The van der Waals surface area contributed by atoms with Crippen LogP contribution >= 0.6 is 0 Å². The van der Waals surface area contributed by atoms with Crippen LogP contribution in [0.4, 0.5) is 5.69 Å². The van der Waals surface area contributed by atoms with Gasteiger partial charge in [-0.05, 0) is 19.1 Å². The van der Waals surface area contributed by atoms with E-state index in [1.807, 2.05) is 0 Å². The Morgan fingerprint density at radius 3 is 2.50 bits per heavy atom. The summed E-state index contributed by atoms with van der Waals surface area (Å²) >= 11 is 0. The first kappa shape index (κ1) is 14.7. The van der Waals surface area contributed by atoms with Crippen molar-refractivity contribution >= 4 is 11.7 Å². The molecular weight excluding hydrogens is 266 g/mol. The molecule has 2 rings (SSSR count). The third kappa shape index (κ3) is 2.75. The lowest BCUT2D eigenvalue weighted by Gasteiger charge is -2.38. The van der Waals surface area contributed by atoms with E-state index < -0.39 is 36.7 Å². The third-order valence-corrected chi connectivity index (χ3v) is 3.21. The van der Waals surface area contributed by atoms with Gasteiger partial charge in [-0.3, -0.25) is 0 Å². The Morgan fingerprint density at radius 2 is 1.85 bits per heavy atom. The number of aliphatic hydroxyl groups excluding tert-OH is 3. The fourth-order valence-electron chi connectivity index (χ4n) is 1.96. The number of para-hydroxylation sites is 1. The topological polar surface area (TPSA) is 122 Å². The molecule has 0 aliphatic carbocycles. The summed E-state index contributed by atoms with van der Waals surface area (Å²) in [6.07, 6.45) is -6.38. The van der Waals surface area contributed by atoms with Gasteiger partial charge in [-0.1, -0.05) is 12.1 Å². The Kier molecular flexibility index (Phi) is 4.24. The summed E-state index contributed by atoms with van der Waals surface area (Å²) in [5.74, 6) is -0.775. The van der Waals surface area contributed by atoms with Gasteiger partial charge >= 0.3 is 5.97 Å². The molecule has 0 spiro atoms. The van der Waals surface area contributed by atoms with Crippen LogP contribution in [0, 0.1) is 0 Å². The summed E-state index contributed by atoms with van der Waals surface area (Å²) in [6.45, 7) is 1.50. The molecule has 0 saturated carbocycles. The number of ether oxygens (including phenoxy) is 2. The average molecular weight is 283 g/mol. The van der Waals surface area contributed by atoms with E-state index >= 15 is 0 Å². The van der Waals surface area contributed by atoms with Crippen molar-refractivity contribution in [2.75, 3.05) is 5.73 Å². The molecule has 1 aliphatic heterocycles. The normalized spacial score (nSPS) is 33.7. The van der Waals surface area contributed by atoms with Crippen molar-refractivity contribution < 1.29 is 29.6 Å². The first-order chi connectivity index (χ1) is 9.41. The van der Waals surface area contributed by atoms with Gasteiger partial charge in [-0.25, -0.2) is 4.79 Å². The second kappa shape index (κ2) is 5.76. The first-order valence-electron chi connectivity index (χ1n) is 6.17. The van der Waals surface area contributed by atoms with Crippen molar-refractivity contribution in [3.8, 4) is 0 Å². The number of hydrogen-bond acceptors (Lipinski definition) is 7. The van der Waals surface area contributed by atoms with Crippen LogP contribution in [0.2, 0.25) is 0 Å². The molecule has 1 saturated heterocycles. The van der Waals surface area contributed by atoms with Gasteiger partial charge in [0.1, 0.15) is 18.3 Å². The summed E-state index contributed by atoms with van der Waals surface area (Å²) in [7, 11) is 0. The van der Waals surface area contributed by atoms with E-state index in [2.05, 4.69) is 0 Å². The molecule has 1 aliphatic rings. The number of carbonyl (C=O) groups excluding carboxylic acids is 1. The van der Waals surface area contributed by atoms with Crippen LogP contribution in [-0.2, 0) is 9.47 Å². The van der Waals surface area contributed by atoms with E-state index in [1.54, 1.807) is 12.1 Å². The highest BCUT2D eigenvalue weighted by molar-refractivity contribution is 5.95. The fourth-order valence-corrected chi connectivity index (χ4v) is 1.96. The maximum atomic E-state index is 11.9. The maximum absolute atomic E-state index is 11.9. The van der Waals surface area contributed by atoms with Gasteiger partial charge in [0.15, 0.2) is 0 Å². The van der Waals surface area contributed by atoms with Crippen LogP contribution < -0.4 is 5.73 Å². The molecule has 5 atom stereocenters. The van der Waals surface area contributed by atoms with E-state index in [-0.39, 0.29) is 11.3 Å². The lowest BCUT2D eigenvalue weighted by Crippen LogP contribution is -2.57. The number of carbonyl (C=O) groups is 1. The molecular formula is C13H17NO6. The highest BCUT2D eigenvalue weighted by atomic mass is 16.7. The van der Waals surface area contributed by atoms with Gasteiger partial charge in [0.05, 0.1) is 11.7 Å². The second-order valence-corrected chi connectivity index (χ2v) is 4.67. The van der Waals surface area contributed by atoms with Crippen molar-refractivity contribution in [2.45, 2.75) is 37.6 Å². The molecule has 1 aromatic carbocycles. The first-order valence-corrected chi connectivity index (χ1v) is 6.17.